The molecule has 1 unspecified atom stereocenters. The molecule has 162 valence electrons. The molecular weight excluding hydrogens is 461 g/mol. The molecule has 0 spiro atoms. The summed E-state index contributed by atoms with van der Waals surface area (Å²) in [6, 6.07) is 11.7. The van der Waals surface area contributed by atoms with Crippen LogP contribution in [0.1, 0.15) is 12.5 Å². The average molecular weight is 480 g/mol. The second-order valence-electron chi connectivity index (χ2n) is 7.39. The number of sulfonamides is 1. The number of hydrogen-bond donors (Lipinski definition) is 3. The van der Waals surface area contributed by atoms with Crippen molar-refractivity contribution in [2.24, 2.45) is 0 Å². The Hall–Kier alpha value is -2.69. The molecule has 1 aliphatic heterocycles. The first-order valence-electron chi connectivity index (χ1n) is 9.19. The van der Waals surface area contributed by atoms with Crippen LogP contribution in [-0.2, 0) is 15.6 Å². The molecular formula is C20H19ClFN5O2S2. The van der Waals surface area contributed by atoms with Gasteiger partial charge in [0.1, 0.15) is 5.82 Å². The van der Waals surface area contributed by atoms with Gasteiger partial charge in [-0.25, -0.2) is 22.1 Å². The summed E-state index contributed by atoms with van der Waals surface area (Å²) in [5.74, 6) is -1.25. The summed E-state index contributed by atoms with van der Waals surface area (Å²) in [5.41, 5.74) is 1.10. The van der Waals surface area contributed by atoms with E-state index in [-0.39, 0.29) is 17.3 Å². The van der Waals surface area contributed by atoms with Gasteiger partial charge >= 0.3 is 0 Å². The number of aromatic nitrogens is 1. The molecule has 4 rings (SSSR count). The zero-order valence-electron chi connectivity index (χ0n) is 16.6. The number of nitrogens with zero attached hydrogens (tertiary/aromatic N) is 2. The van der Waals surface area contributed by atoms with Crippen LogP contribution in [0.15, 0.2) is 47.8 Å². The summed E-state index contributed by atoms with van der Waals surface area (Å²) in [5, 5.41) is 17.0. The van der Waals surface area contributed by atoms with Crippen LogP contribution >= 0.6 is 22.9 Å². The summed E-state index contributed by atoms with van der Waals surface area (Å²) in [6.45, 7) is 1.57. The molecule has 0 saturated carbocycles. The molecule has 0 aliphatic carbocycles. The van der Waals surface area contributed by atoms with E-state index in [4.69, 9.17) is 17.0 Å². The Kier molecular flexibility index (Phi) is 5.40. The summed E-state index contributed by atoms with van der Waals surface area (Å²) >= 11 is 7.32. The van der Waals surface area contributed by atoms with Gasteiger partial charge in [-0.15, -0.1) is 11.3 Å². The van der Waals surface area contributed by atoms with Crippen molar-refractivity contribution in [2.45, 2.75) is 12.5 Å². The summed E-state index contributed by atoms with van der Waals surface area (Å²) in [7, 11) is -2.45. The lowest BCUT2D eigenvalue weighted by atomic mass is 9.93. The van der Waals surface area contributed by atoms with Crippen molar-refractivity contribution in [2.75, 3.05) is 18.1 Å². The third-order valence-corrected chi connectivity index (χ3v) is 8.02. The second kappa shape index (κ2) is 7.77. The minimum Gasteiger partial charge on any atom is -0.345 e. The molecule has 2 heterocycles. The van der Waals surface area contributed by atoms with Crippen molar-refractivity contribution in [3.63, 3.8) is 0 Å². The van der Waals surface area contributed by atoms with E-state index in [1.165, 1.54) is 24.5 Å². The van der Waals surface area contributed by atoms with Crippen LogP contribution in [0.25, 0.3) is 11.3 Å². The number of anilines is 2. The molecule has 1 aromatic heterocycles. The molecule has 31 heavy (non-hydrogen) atoms. The predicted molar refractivity (Wildman–Crippen MR) is 122 cm³/mol. The highest BCUT2D eigenvalue weighted by Gasteiger charge is 2.43. The summed E-state index contributed by atoms with van der Waals surface area (Å²) in [6.07, 6.45) is 0. The van der Waals surface area contributed by atoms with Gasteiger partial charge in [0.15, 0.2) is 5.13 Å². The first-order chi connectivity index (χ1) is 14.6. The van der Waals surface area contributed by atoms with Gasteiger partial charge in [0.2, 0.25) is 16.0 Å². The SMILES string of the molecule is CN1C(=N)NC(C)(c2cc(Nc3nc(-c4ccc(Cl)cc4)cs3)ccc2F)CS1(=O)=O. The molecule has 7 nitrogen and oxygen atoms in total. The van der Waals surface area contributed by atoms with Crippen LogP contribution in [0.3, 0.4) is 0 Å². The highest BCUT2D eigenvalue weighted by atomic mass is 35.5. The zero-order chi connectivity index (χ0) is 22.4. The lowest BCUT2D eigenvalue weighted by molar-refractivity contribution is 0.403. The van der Waals surface area contributed by atoms with Crippen LogP contribution in [0.2, 0.25) is 5.02 Å². The van der Waals surface area contributed by atoms with E-state index in [9.17, 15) is 12.8 Å². The first-order valence-corrected chi connectivity index (χ1v) is 12.1. The van der Waals surface area contributed by atoms with Crippen LogP contribution in [0.4, 0.5) is 15.2 Å². The number of hydrogen-bond acceptors (Lipinski definition) is 6. The molecule has 2 aromatic carbocycles. The van der Waals surface area contributed by atoms with E-state index in [0.717, 1.165) is 15.6 Å². The smallest absolute Gasteiger partial charge is 0.239 e. The Morgan fingerprint density at radius 1 is 1.29 bits per heavy atom. The van der Waals surface area contributed by atoms with E-state index in [0.29, 0.717) is 15.8 Å². The second-order valence-corrected chi connectivity index (χ2v) is 10.7. The van der Waals surface area contributed by atoms with Gasteiger partial charge in [-0.1, -0.05) is 23.7 Å². The van der Waals surface area contributed by atoms with Crippen LogP contribution < -0.4 is 10.6 Å². The number of halogens is 2. The largest absolute Gasteiger partial charge is 0.345 e. The number of guanidine groups is 1. The fraction of sp³-hybridized carbons (Fsp3) is 0.200. The molecule has 1 aliphatic rings. The Morgan fingerprint density at radius 3 is 2.68 bits per heavy atom. The van der Waals surface area contributed by atoms with Gasteiger partial charge in [-0.3, -0.25) is 5.41 Å². The van der Waals surface area contributed by atoms with E-state index in [2.05, 4.69) is 15.6 Å². The lowest BCUT2D eigenvalue weighted by Crippen LogP contribution is -2.61. The fourth-order valence-electron chi connectivity index (χ4n) is 3.36. The maximum absolute atomic E-state index is 14.7. The monoisotopic (exact) mass is 479 g/mol. The molecule has 3 aromatic rings. The van der Waals surface area contributed by atoms with E-state index >= 15 is 0 Å². The average Bonchev–Trinajstić information content (AvgIpc) is 3.16. The minimum atomic E-state index is -3.75. The van der Waals surface area contributed by atoms with E-state index < -0.39 is 21.4 Å². The molecule has 1 saturated heterocycles. The van der Waals surface area contributed by atoms with Gasteiger partial charge in [0, 0.05) is 34.3 Å². The Labute approximate surface area is 188 Å². The van der Waals surface area contributed by atoms with Crippen molar-refractivity contribution in [3.8, 4) is 11.3 Å². The Morgan fingerprint density at radius 2 is 2.00 bits per heavy atom. The quantitative estimate of drug-likeness (QED) is 0.516. The number of rotatable bonds is 4. The molecule has 0 amide bonds. The molecule has 11 heteroatoms. The first kappa shape index (κ1) is 21.5. The standard InChI is InChI=1S/C20H19ClFN5O2S2/c1-20(11-31(28,29)27(2)18(23)26-20)15-9-14(7-8-16(15)22)24-19-25-17(10-30-19)12-3-5-13(21)6-4-12/h3-10H,11H2,1-2H3,(H2,23,26)(H,24,25). The summed E-state index contributed by atoms with van der Waals surface area (Å²) in [4.78, 5) is 4.55. The minimum absolute atomic E-state index is 0.147. The molecule has 0 bridgehead atoms. The van der Waals surface area contributed by atoms with Gasteiger partial charge in [0.25, 0.3) is 0 Å². The highest BCUT2D eigenvalue weighted by Crippen LogP contribution is 2.33. The van der Waals surface area contributed by atoms with Crippen molar-refractivity contribution in [3.05, 3.63) is 64.2 Å². The molecule has 0 radical (unpaired) electrons. The van der Waals surface area contributed by atoms with E-state index in [1.807, 2.05) is 17.5 Å². The summed E-state index contributed by atoms with van der Waals surface area (Å²) < 4.78 is 40.4. The van der Waals surface area contributed by atoms with Crippen LogP contribution in [0.5, 0.6) is 0 Å². The van der Waals surface area contributed by atoms with Crippen molar-refractivity contribution < 1.29 is 12.8 Å². The van der Waals surface area contributed by atoms with Crippen molar-refractivity contribution >= 4 is 49.7 Å². The zero-order valence-corrected chi connectivity index (χ0v) is 19.0. The normalized spacial score (nSPS) is 20.4. The lowest BCUT2D eigenvalue weighted by Gasteiger charge is -2.40. The number of thiazole rings is 1. The third-order valence-electron chi connectivity index (χ3n) is 5.05. The molecule has 3 N–H and O–H groups in total. The predicted octanol–water partition coefficient (Wildman–Crippen LogP) is 4.36. The molecule has 1 fully saturated rings. The Bertz CT molecular complexity index is 1260. The van der Waals surface area contributed by atoms with Gasteiger partial charge in [-0.05, 0) is 37.3 Å². The fourth-order valence-corrected chi connectivity index (χ4v) is 5.70. The Balaban J connectivity index is 1.62. The van der Waals surface area contributed by atoms with Crippen molar-refractivity contribution in [1.29, 1.82) is 5.41 Å². The van der Waals surface area contributed by atoms with Gasteiger partial charge in [-0.2, -0.15) is 0 Å². The molecule has 1 atom stereocenters. The van der Waals surface area contributed by atoms with Crippen LogP contribution in [0, 0.1) is 11.2 Å². The van der Waals surface area contributed by atoms with Gasteiger partial charge < -0.3 is 10.6 Å². The van der Waals surface area contributed by atoms with Crippen LogP contribution in [-0.4, -0.2) is 36.5 Å². The van der Waals surface area contributed by atoms with Crippen molar-refractivity contribution in [1.82, 2.24) is 14.6 Å². The van der Waals surface area contributed by atoms with Gasteiger partial charge in [0.05, 0.1) is 17.0 Å². The number of benzene rings is 2. The third kappa shape index (κ3) is 4.23. The topological polar surface area (TPSA) is 98.2 Å². The highest BCUT2D eigenvalue weighted by molar-refractivity contribution is 7.89. The maximum Gasteiger partial charge on any atom is 0.239 e. The van der Waals surface area contributed by atoms with E-state index in [1.54, 1.807) is 31.2 Å². The maximum atomic E-state index is 14.7. The number of nitrogens with one attached hydrogen (secondary N) is 3.